The molecule has 0 radical (unpaired) electrons. The van der Waals surface area contributed by atoms with Crippen LogP contribution in [-0.4, -0.2) is 36.0 Å². The van der Waals surface area contributed by atoms with Gasteiger partial charge in [0.05, 0.1) is 0 Å². The van der Waals surface area contributed by atoms with Gasteiger partial charge >= 0.3 is 6.03 Å². The molecule has 2 fully saturated rings. The second-order valence-corrected chi connectivity index (χ2v) is 7.26. The molecule has 1 aromatic rings. The molecule has 2 saturated heterocycles. The van der Waals surface area contributed by atoms with Crippen molar-refractivity contribution in [1.82, 2.24) is 10.2 Å². The third-order valence-electron chi connectivity index (χ3n) is 5.39. The summed E-state index contributed by atoms with van der Waals surface area (Å²) in [6, 6.07) is 8.30. The first kappa shape index (κ1) is 17.8. The summed E-state index contributed by atoms with van der Waals surface area (Å²) in [4.78, 5) is 26.3. The van der Waals surface area contributed by atoms with Crippen LogP contribution in [0.2, 0.25) is 0 Å². The number of urea groups is 1. The van der Waals surface area contributed by atoms with Crippen LogP contribution in [0.25, 0.3) is 0 Å². The SMILES string of the molecule is CCCCc1ccc(NC(=O)N2CCCC[C@H]2[C@@H]2CNC(=O)C2)cc1. The van der Waals surface area contributed by atoms with E-state index in [1.165, 1.54) is 18.4 Å². The lowest BCUT2D eigenvalue weighted by Crippen LogP contribution is -2.49. The summed E-state index contributed by atoms with van der Waals surface area (Å²) in [5.74, 6) is 0.355. The Morgan fingerprint density at radius 3 is 2.76 bits per heavy atom. The molecular formula is C20H29N3O2. The zero-order chi connectivity index (χ0) is 17.6. The molecule has 0 aliphatic carbocycles. The monoisotopic (exact) mass is 343 g/mol. The van der Waals surface area contributed by atoms with E-state index in [-0.39, 0.29) is 23.9 Å². The molecule has 25 heavy (non-hydrogen) atoms. The number of hydrogen-bond acceptors (Lipinski definition) is 2. The highest BCUT2D eigenvalue weighted by molar-refractivity contribution is 5.89. The molecule has 2 atom stereocenters. The Bertz CT molecular complexity index is 599. The summed E-state index contributed by atoms with van der Waals surface area (Å²) in [5, 5.41) is 5.94. The average molecular weight is 343 g/mol. The average Bonchev–Trinajstić information content (AvgIpc) is 3.07. The van der Waals surface area contributed by atoms with E-state index in [1.54, 1.807) is 0 Å². The second-order valence-electron chi connectivity index (χ2n) is 7.26. The van der Waals surface area contributed by atoms with Crippen LogP contribution in [0.15, 0.2) is 24.3 Å². The number of nitrogens with one attached hydrogen (secondary N) is 2. The standard InChI is InChI=1S/C20H29N3O2/c1-2-3-6-15-8-10-17(11-9-15)22-20(25)23-12-5-4-7-18(23)16-13-19(24)21-14-16/h8-11,16,18H,2-7,12-14H2,1H3,(H,21,24)(H,22,25)/t16-,18-/m0/s1. The van der Waals surface area contributed by atoms with E-state index in [0.29, 0.717) is 13.0 Å². The summed E-state index contributed by atoms with van der Waals surface area (Å²) in [6.07, 6.45) is 7.16. The van der Waals surface area contributed by atoms with Crippen molar-refractivity contribution in [1.29, 1.82) is 0 Å². The van der Waals surface area contributed by atoms with Crippen LogP contribution in [-0.2, 0) is 11.2 Å². The largest absolute Gasteiger partial charge is 0.356 e. The predicted octanol–water partition coefficient (Wildman–Crippen LogP) is 3.55. The molecule has 1 aromatic carbocycles. The smallest absolute Gasteiger partial charge is 0.322 e. The Morgan fingerprint density at radius 2 is 2.08 bits per heavy atom. The summed E-state index contributed by atoms with van der Waals surface area (Å²) >= 11 is 0. The first-order chi connectivity index (χ1) is 12.2. The van der Waals surface area contributed by atoms with Gasteiger partial charge in [-0.3, -0.25) is 4.79 Å². The molecule has 3 rings (SSSR count). The topological polar surface area (TPSA) is 61.4 Å². The van der Waals surface area contributed by atoms with Crippen molar-refractivity contribution in [2.45, 2.75) is 57.9 Å². The third-order valence-corrected chi connectivity index (χ3v) is 5.39. The van der Waals surface area contributed by atoms with E-state index in [4.69, 9.17) is 0 Å². The highest BCUT2D eigenvalue weighted by Gasteiger charge is 2.36. The van der Waals surface area contributed by atoms with Gasteiger partial charge in [-0.05, 0) is 49.8 Å². The number of carbonyl (C=O) groups is 2. The predicted molar refractivity (Wildman–Crippen MR) is 99.5 cm³/mol. The molecule has 0 saturated carbocycles. The number of likely N-dealkylation sites (tertiary alicyclic amines) is 1. The lowest BCUT2D eigenvalue weighted by molar-refractivity contribution is -0.119. The van der Waals surface area contributed by atoms with Crippen molar-refractivity contribution in [2.24, 2.45) is 5.92 Å². The van der Waals surface area contributed by atoms with Crippen molar-refractivity contribution in [3.63, 3.8) is 0 Å². The fourth-order valence-electron chi connectivity index (χ4n) is 3.93. The van der Waals surface area contributed by atoms with Gasteiger partial charge in [-0.15, -0.1) is 0 Å². The normalized spacial score (nSPS) is 23.4. The van der Waals surface area contributed by atoms with Gasteiger partial charge in [-0.2, -0.15) is 0 Å². The Kier molecular flexibility index (Phi) is 5.95. The van der Waals surface area contributed by atoms with E-state index in [1.807, 2.05) is 17.0 Å². The highest BCUT2D eigenvalue weighted by Crippen LogP contribution is 2.28. The van der Waals surface area contributed by atoms with Gasteiger partial charge in [0.1, 0.15) is 0 Å². The molecule has 5 heteroatoms. The minimum atomic E-state index is -0.0367. The van der Waals surface area contributed by atoms with E-state index < -0.39 is 0 Å². The van der Waals surface area contributed by atoms with Gasteiger partial charge in [0.25, 0.3) is 0 Å². The van der Waals surface area contributed by atoms with Crippen LogP contribution in [0.3, 0.4) is 0 Å². The lowest BCUT2D eigenvalue weighted by atomic mass is 9.90. The molecule has 2 N–H and O–H groups in total. The number of hydrogen-bond donors (Lipinski definition) is 2. The quantitative estimate of drug-likeness (QED) is 0.859. The van der Waals surface area contributed by atoms with E-state index in [2.05, 4.69) is 29.7 Å². The Morgan fingerprint density at radius 1 is 1.28 bits per heavy atom. The Hall–Kier alpha value is -2.04. The number of aryl methyl sites for hydroxylation is 1. The minimum Gasteiger partial charge on any atom is -0.356 e. The van der Waals surface area contributed by atoms with E-state index in [0.717, 1.165) is 37.9 Å². The number of carbonyl (C=O) groups excluding carboxylic acids is 2. The van der Waals surface area contributed by atoms with Crippen LogP contribution < -0.4 is 10.6 Å². The molecule has 2 aliphatic rings. The van der Waals surface area contributed by atoms with Crippen LogP contribution >= 0.6 is 0 Å². The maximum atomic E-state index is 12.8. The first-order valence-corrected chi connectivity index (χ1v) is 9.60. The number of nitrogens with zero attached hydrogens (tertiary/aromatic N) is 1. The van der Waals surface area contributed by atoms with Gasteiger partial charge in [-0.25, -0.2) is 4.79 Å². The van der Waals surface area contributed by atoms with Gasteiger partial charge in [0, 0.05) is 37.2 Å². The molecule has 0 aromatic heterocycles. The Labute approximate surface area is 150 Å². The Balaban J connectivity index is 1.61. The molecular weight excluding hydrogens is 314 g/mol. The molecule has 0 spiro atoms. The number of anilines is 1. The van der Waals surface area contributed by atoms with Crippen LogP contribution in [0.1, 0.15) is 51.0 Å². The van der Waals surface area contributed by atoms with Crippen molar-refractivity contribution in [3.05, 3.63) is 29.8 Å². The molecule has 0 unspecified atom stereocenters. The van der Waals surface area contributed by atoms with E-state index >= 15 is 0 Å². The summed E-state index contributed by atoms with van der Waals surface area (Å²) in [5.41, 5.74) is 2.15. The third kappa shape index (κ3) is 4.53. The molecule has 136 valence electrons. The zero-order valence-corrected chi connectivity index (χ0v) is 15.1. The minimum absolute atomic E-state index is 0.0367. The van der Waals surface area contributed by atoms with Crippen molar-refractivity contribution >= 4 is 17.6 Å². The molecule has 3 amide bonds. The number of rotatable bonds is 5. The summed E-state index contributed by atoms with van der Waals surface area (Å²) in [6.45, 7) is 3.66. The van der Waals surface area contributed by atoms with Gasteiger partial charge < -0.3 is 15.5 Å². The molecule has 5 nitrogen and oxygen atoms in total. The first-order valence-electron chi connectivity index (χ1n) is 9.60. The molecule has 0 bridgehead atoms. The lowest BCUT2D eigenvalue weighted by Gasteiger charge is -2.38. The number of piperidine rings is 1. The summed E-state index contributed by atoms with van der Waals surface area (Å²) < 4.78 is 0. The van der Waals surface area contributed by atoms with Crippen LogP contribution in [0.5, 0.6) is 0 Å². The second kappa shape index (κ2) is 8.37. The highest BCUT2D eigenvalue weighted by atomic mass is 16.2. The van der Waals surface area contributed by atoms with Crippen molar-refractivity contribution in [3.8, 4) is 0 Å². The van der Waals surface area contributed by atoms with Gasteiger partial charge in [0.2, 0.25) is 5.91 Å². The zero-order valence-electron chi connectivity index (χ0n) is 15.1. The maximum Gasteiger partial charge on any atom is 0.322 e. The van der Waals surface area contributed by atoms with Crippen molar-refractivity contribution in [2.75, 3.05) is 18.4 Å². The number of benzene rings is 1. The maximum absolute atomic E-state index is 12.8. The molecule has 2 aliphatic heterocycles. The van der Waals surface area contributed by atoms with Crippen LogP contribution in [0.4, 0.5) is 10.5 Å². The van der Waals surface area contributed by atoms with Crippen LogP contribution in [0, 0.1) is 5.92 Å². The summed E-state index contributed by atoms with van der Waals surface area (Å²) in [7, 11) is 0. The van der Waals surface area contributed by atoms with E-state index in [9.17, 15) is 9.59 Å². The number of unbranched alkanes of at least 4 members (excludes halogenated alkanes) is 1. The fraction of sp³-hybridized carbons (Fsp3) is 0.600. The fourth-order valence-corrected chi connectivity index (χ4v) is 3.93. The van der Waals surface area contributed by atoms with Gasteiger partial charge in [0.15, 0.2) is 0 Å². The van der Waals surface area contributed by atoms with Gasteiger partial charge in [-0.1, -0.05) is 25.5 Å². The number of amides is 3. The molecule has 2 heterocycles. The van der Waals surface area contributed by atoms with Crippen molar-refractivity contribution < 1.29 is 9.59 Å².